The maximum atomic E-state index is 11.8. The summed E-state index contributed by atoms with van der Waals surface area (Å²) in [4.78, 5) is 23.9. The van der Waals surface area contributed by atoms with Gasteiger partial charge in [0.1, 0.15) is 12.0 Å². The highest BCUT2D eigenvalue weighted by molar-refractivity contribution is 7.90. The topological polar surface area (TPSA) is 120 Å². The van der Waals surface area contributed by atoms with E-state index in [0.29, 0.717) is 34.0 Å². The second kappa shape index (κ2) is 8.58. The Balaban J connectivity index is 1.82. The molecule has 0 saturated carbocycles. The zero-order chi connectivity index (χ0) is 22.0. The van der Waals surface area contributed by atoms with E-state index in [0.717, 1.165) is 10.9 Å². The number of carboxylic acid groups (broad SMARTS) is 1. The van der Waals surface area contributed by atoms with Gasteiger partial charge in [-0.2, -0.15) is 9.97 Å². The van der Waals surface area contributed by atoms with Gasteiger partial charge in [-0.3, -0.25) is 5.32 Å². The van der Waals surface area contributed by atoms with Crippen LogP contribution in [0, 0.1) is 6.92 Å². The van der Waals surface area contributed by atoms with Crippen LogP contribution < -0.4 is 10.1 Å². The molecule has 1 atom stereocenters. The van der Waals surface area contributed by atoms with Crippen LogP contribution in [0.15, 0.2) is 66.1 Å². The lowest BCUT2D eigenvalue weighted by Gasteiger charge is -2.15. The van der Waals surface area contributed by atoms with Gasteiger partial charge >= 0.3 is 11.2 Å². The van der Waals surface area contributed by atoms with E-state index in [-0.39, 0.29) is 5.16 Å². The Morgan fingerprint density at radius 2 is 1.90 bits per heavy atom. The molecule has 2 aromatic heterocycles. The molecule has 0 fully saturated rings. The molecule has 1 amide bonds. The second-order valence-electron chi connectivity index (χ2n) is 6.68. The molecule has 0 aliphatic rings. The lowest BCUT2D eigenvalue weighted by molar-refractivity contribution is 0.210. The van der Waals surface area contributed by atoms with Gasteiger partial charge in [-0.1, -0.05) is 24.3 Å². The van der Waals surface area contributed by atoms with E-state index in [1.165, 1.54) is 6.26 Å². The SMILES string of the molecule is Cc1ccc2c(NC(=O)O)cccc2c1Oc1ncccc1-c1ccnc([S+](C)[O-])n1. The summed E-state index contributed by atoms with van der Waals surface area (Å²) in [5.41, 5.74) is 2.47. The first-order valence-electron chi connectivity index (χ1n) is 9.26. The van der Waals surface area contributed by atoms with Crippen LogP contribution in [0.3, 0.4) is 0 Å². The van der Waals surface area contributed by atoms with Crippen molar-refractivity contribution in [1.82, 2.24) is 15.0 Å². The number of anilines is 1. The number of hydrogen-bond acceptors (Lipinski definition) is 6. The zero-order valence-electron chi connectivity index (χ0n) is 16.7. The van der Waals surface area contributed by atoms with E-state index in [2.05, 4.69) is 20.3 Å². The van der Waals surface area contributed by atoms with Crippen LogP contribution in [0.5, 0.6) is 11.6 Å². The van der Waals surface area contributed by atoms with Crippen molar-refractivity contribution in [3.8, 4) is 22.9 Å². The number of nitrogens with zero attached hydrogens (tertiary/aromatic N) is 3. The molecule has 4 rings (SSSR count). The molecule has 0 aliphatic heterocycles. The minimum Gasteiger partial charge on any atom is -0.609 e. The first-order valence-corrected chi connectivity index (χ1v) is 10.8. The number of rotatable bonds is 5. The molecular weight excluding hydrogens is 416 g/mol. The van der Waals surface area contributed by atoms with Crippen molar-refractivity contribution in [1.29, 1.82) is 0 Å². The van der Waals surface area contributed by atoms with Gasteiger partial charge in [-0.05, 0) is 36.8 Å². The van der Waals surface area contributed by atoms with Crippen LogP contribution in [0.25, 0.3) is 22.0 Å². The lowest BCUT2D eigenvalue weighted by atomic mass is 10.0. The van der Waals surface area contributed by atoms with Gasteiger partial charge in [0, 0.05) is 34.3 Å². The van der Waals surface area contributed by atoms with Gasteiger partial charge in [0.2, 0.25) is 5.88 Å². The molecule has 31 heavy (non-hydrogen) atoms. The molecule has 0 saturated heterocycles. The molecule has 8 nitrogen and oxygen atoms in total. The van der Waals surface area contributed by atoms with Crippen molar-refractivity contribution in [2.75, 3.05) is 11.6 Å². The van der Waals surface area contributed by atoms with Crippen LogP contribution in [0.2, 0.25) is 0 Å². The van der Waals surface area contributed by atoms with Crippen molar-refractivity contribution >= 4 is 33.7 Å². The first kappa shape index (κ1) is 20.6. The van der Waals surface area contributed by atoms with Gasteiger partial charge in [0.05, 0.1) is 16.9 Å². The van der Waals surface area contributed by atoms with Gasteiger partial charge < -0.3 is 14.4 Å². The van der Waals surface area contributed by atoms with Crippen LogP contribution >= 0.6 is 0 Å². The third kappa shape index (κ3) is 4.27. The molecule has 0 bridgehead atoms. The Morgan fingerprint density at radius 1 is 1.06 bits per heavy atom. The number of nitrogens with one attached hydrogen (secondary N) is 1. The number of benzene rings is 2. The van der Waals surface area contributed by atoms with E-state index >= 15 is 0 Å². The molecule has 1 unspecified atom stereocenters. The minimum atomic E-state index is -1.33. The second-order valence-corrected chi connectivity index (χ2v) is 7.95. The monoisotopic (exact) mass is 434 g/mol. The van der Waals surface area contributed by atoms with E-state index in [9.17, 15) is 9.35 Å². The van der Waals surface area contributed by atoms with Crippen LogP contribution in [-0.4, -0.2) is 37.0 Å². The average molecular weight is 434 g/mol. The Bertz CT molecular complexity index is 1280. The van der Waals surface area contributed by atoms with Gasteiger partial charge in [-0.15, -0.1) is 0 Å². The van der Waals surface area contributed by atoms with Crippen molar-refractivity contribution in [2.45, 2.75) is 12.1 Å². The quantitative estimate of drug-likeness (QED) is 0.347. The Morgan fingerprint density at radius 3 is 2.68 bits per heavy atom. The number of amides is 1. The molecule has 4 aromatic rings. The summed E-state index contributed by atoms with van der Waals surface area (Å²) in [6, 6.07) is 14.3. The maximum Gasteiger partial charge on any atom is 0.409 e. The van der Waals surface area contributed by atoms with Crippen LogP contribution in [0.1, 0.15) is 5.56 Å². The number of hydrogen-bond donors (Lipinski definition) is 2. The van der Waals surface area contributed by atoms with Crippen LogP contribution in [-0.2, 0) is 11.2 Å². The summed E-state index contributed by atoms with van der Waals surface area (Å²) in [6.45, 7) is 1.90. The summed E-state index contributed by atoms with van der Waals surface area (Å²) in [6.07, 6.45) is 3.53. The largest absolute Gasteiger partial charge is 0.609 e. The van der Waals surface area contributed by atoms with E-state index in [4.69, 9.17) is 9.84 Å². The number of ether oxygens (including phenoxy) is 1. The summed E-state index contributed by atoms with van der Waals surface area (Å²) >= 11 is -1.33. The smallest absolute Gasteiger partial charge is 0.409 e. The predicted octanol–water partition coefficient (Wildman–Crippen LogP) is 4.62. The number of aromatic nitrogens is 3. The predicted molar refractivity (Wildman–Crippen MR) is 118 cm³/mol. The van der Waals surface area contributed by atoms with E-state index in [1.54, 1.807) is 36.7 Å². The highest BCUT2D eigenvalue weighted by Crippen LogP contribution is 2.38. The van der Waals surface area contributed by atoms with Crippen LogP contribution in [0.4, 0.5) is 10.5 Å². The maximum absolute atomic E-state index is 11.8. The van der Waals surface area contributed by atoms with Crippen molar-refractivity contribution in [3.63, 3.8) is 0 Å². The third-order valence-corrected chi connectivity index (χ3v) is 5.30. The highest BCUT2D eigenvalue weighted by atomic mass is 32.2. The Labute approximate surface area is 181 Å². The number of aryl methyl sites for hydroxylation is 1. The molecule has 0 spiro atoms. The highest BCUT2D eigenvalue weighted by Gasteiger charge is 2.17. The lowest BCUT2D eigenvalue weighted by Crippen LogP contribution is -2.07. The van der Waals surface area contributed by atoms with Gasteiger partial charge in [-0.25, -0.2) is 9.78 Å². The van der Waals surface area contributed by atoms with Gasteiger partial charge in [0.15, 0.2) is 0 Å². The summed E-state index contributed by atoms with van der Waals surface area (Å²) in [5, 5.41) is 13.2. The molecular formula is C22H18N4O4S. The fourth-order valence-corrected chi connectivity index (χ4v) is 3.63. The third-order valence-electron chi connectivity index (χ3n) is 4.59. The zero-order valence-corrected chi connectivity index (χ0v) is 17.5. The molecule has 2 heterocycles. The van der Waals surface area contributed by atoms with E-state index < -0.39 is 17.3 Å². The summed E-state index contributed by atoms with van der Waals surface area (Å²) in [5.74, 6) is 0.876. The Kier molecular flexibility index (Phi) is 5.70. The first-order chi connectivity index (χ1) is 14.9. The normalized spacial score (nSPS) is 11.8. The van der Waals surface area contributed by atoms with E-state index in [1.807, 2.05) is 31.2 Å². The number of pyridine rings is 1. The Hall–Kier alpha value is -3.69. The minimum absolute atomic E-state index is 0.220. The fraction of sp³-hybridized carbons (Fsp3) is 0.0909. The molecule has 9 heteroatoms. The number of fused-ring (bicyclic) bond motifs is 1. The molecule has 0 radical (unpaired) electrons. The average Bonchev–Trinajstić information content (AvgIpc) is 2.76. The fourth-order valence-electron chi connectivity index (χ4n) is 3.19. The summed E-state index contributed by atoms with van der Waals surface area (Å²) < 4.78 is 18.0. The molecule has 2 aromatic carbocycles. The van der Waals surface area contributed by atoms with Crippen molar-refractivity contribution in [3.05, 3.63) is 66.5 Å². The molecule has 156 valence electrons. The number of carbonyl (C=O) groups is 1. The van der Waals surface area contributed by atoms with Crippen molar-refractivity contribution in [2.24, 2.45) is 0 Å². The summed E-state index contributed by atoms with van der Waals surface area (Å²) in [7, 11) is 0. The standard InChI is InChI=1S/C22H18N4O4S/c1-13-8-9-14-15(5-3-7-17(14)26-22(27)28)19(13)30-20-16(6-4-11-23-20)18-10-12-24-21(25-18)31(2)29/h3-12,26H,1-2H3,(H,27,28). The van der Waals surface area contributed by atoms with Crippen molar-refractivity contribution < 1.29 is 19.2 Å². The molecule has 2 N–H and O–H groups in total. The molecule has 0 aliphatic carbocycles. The van der Waals surface area contributed by atoms with Gasteiger partial charge in [0.25, 0.3) is 0 Å².